The molecule has 2 rings (SSSR count). The number of rotatable bonds is 5. The topological polar surface area (TPSA) is 82.8 Å². The van der Waals surface area contributed by atoms with Crippen LogP contribution in [0.2, 0.25) is 0 Å². The zero-order chi connectivity index (χ0) is 15.2. The number of nitrogens with one attached hydrogen (secondary N) is 1. The first-order chi connectivity index (χ1) is 10.1. The van der Waals surface area contributed by atoms with Gasteiger partial charge in [-0.1, -0.05) is 6.07 Å². The number of carbonyl (C=O) groups is 2. The van der Waals surface area contributed by atoms with Gasteiger partial charge in [0.25, 0.3) is 0 Å². The zero-order valence-corrected chi connectivity index (χ0v) is 11.6. The van der Waals surface area contributed by atoms with Gasteiger partial charge in [0.1, 0.15) is 5.76 Å². The number of carboxylic acids is 1. The molecule has 0 spiro atoms. The summed E-state index contributed by atoms with van der Waals surface area (Å²) >= 11 is 0. The Morgan fingerprint density at radius 1 is 1.29 bits per heavy atom. The fraction of sp³-hybridized carbons (Fsp3) is 0.200. The summed E-state index contributed by atoms with van der Waals surface area (Å²) in [5.74, 6) is -0.347. The van der Waals surface area contributed by atoms with Gasteiger partial charge < -0.3 is 19.7 Å². The molecule has 0 bridgehead atoms. The van der Waals surface area contributed by atoms with Gasteiger partial charge in [-0.25, -0.2) is 9.59 Å². The SMILES string of the molecule is CCN(Cc1ccco1)C(=O)Nc1cccc(C(=O)O)c1. The van der Waals surface area contributed by atoms with Crippen molar-refractivity contribution in [2.24, 2.45) is 0 Å². The van der Waals surface area contributed by atoms with E-state index in [1.54, 1.807) is 35.4 Å². The number of hydrogen-bond donors (Lipinski definition) is 2. The number of urea groups is 1. The standard InChI is InChI=1S/C15H16N2O4/c1-2-17(10-13-7-4-8-21-13)15(20)16-12-6-3-5-11(9-12)14(18)19/h3-9H,2,10H2,1H3,(H,16,20)(H,18,19). The van der Waals surface area contributed by atoms with Gasteiger partial charge in [-0.2, -0.15) is 0 Å². The molecule has 0 saturated carbocycles. The molecular weight excluding hydrogens is 272 g/mol. The van der Waals surface area contributed by atoms with Crippen LogP contribution in [0.1, 0.15) is 23.0 Å². The Bertz CT molecular complexity index is 622. The van der Waals surface area contributed by atoms with Crippen molar-refractivity contribution in [3.05, 3.63) is 54.0 Å². The van der Waals surface area contributed by atoms with Crippen molar-refractivity contribution < 1.29 is 19.1 Å². The maximum absolute atomic E-state index is 12.2. The second-order valence-corrected chi connectivity index (χ2v) is 4.41. The molecule has 6 heteroatoms. The molecular formula is C15H16N2O4. The van der Waals surface area contributed by atoms with Crippen LogP contribution in [0.4, 0.5) is 10.5 Å². The van der Waals surface area contributed by atoms with Crippen molar-refractivity contribution in [1.82, 2.24) is 4.90 Å². The second-order valence-electron chi connectivity index (χ2n) is 4.41. The van der Waals surface area contributed by atoms with Crippen molar-refractivity contribution >= 4 is 17.7 Å². The number of aromatic carboxylic acids is 1. The number of furan rings is 1. The molecule has 1 heterocycles. The maximum Gasteiger partial charge on any atom is 0.335 e. The van der Waals surface area contributed by atoms with Gasteiger partial charge in [0, 0.05) is 12.2 Å². The Hall–Kier alpha value is -2.76. The fourth-order valence-corrected chi connectivity index (χ4v) is 1.85. The molecule has 21 heavy (non-hydrogen) atoms. The lowest BCUT2D eigenvalue weighted by Gasteiger charge is -2.20. The van der Waals surface area contributed by atoms with E-state index in [-0.39, 0.29) is 11.6 Å². The minimum atomic E-state index is -1.03. The normalized spacial score (nSPS) is 10.1. The zero-order valence-electron chi connectivity index (χ0n) is 11.6. The summed E-state index contributed by atoms with van der Waals surface area (Å²) in [6.07, 6.45) is 1.55. The summed E-state index contributed by atoms with van der Waals surface area (Å²) in [6.45, 7) is 2.72. The molecule has 2 aromatic rings. The van der Waals surface area contributed by atoms with E-state index in [1.165, 1.54) is 12.1 Å². The number of carbonyl (C=O) groups excluding carboxylic acids is 1. The summed E-state index contributed by atoms with van der Waals surface area (Å²) in [5.41, 5.74) is 0.569. The predicted octanol–water partition coefficient (Wildman–Crippen LogP) is 3.03. The molecule has 1 aromatic carbocycles. The third-order valence-corrected chi connectivity index (χ3v) is 2.96. The molecule has 0 fully saturated rings. The number of nitrogens with zero attached hydrogens (tertiary/aromatic N) is 1. The van der Waals surface area contributed by atoms with Crippen molar-refractivity contribution in [2.75, 3.05) is 11.9 Å². The monoisotopic (exact) mass is 288 g/mol. The highest BCUT2D eigenvalue weighted by Crippen LogP contribution is 2.13. The number of carboxylic acid groups (broad SMARTS) is 1. The molecule has 0 aliphatic heterocycles. The van der Waals surface area contributed by atoms with Crippen LogP contribution >= 0.6 is 0 Å². The van der Waals surface area contributed by atoms with Gasteiger partial charge >= 0.3 is 12.0 Å². The molecule has 0 aliphatic rings. The third-order valence-electron chi connectivity index (χ3n) is 2.96. The van der Waals surface area contributed by atoms with Crippen molar-refractivity contribution in [1.29, 1.82) is 0 Å². The molecule has 1 aromatic heterocycles. The van der Waals surface area contributed by atoms with Gasteiger partial charge in [-0.3, -0.25) is 0 Å². The Morgan fingerprint density at radius 2 is 2.10 bits per heavy atom. The minimum Gasteiger partial charge on any atom is -0.478 e. The smallest absolute Gasteiger partial charge is 0.335 e. The molecule has 0 saturated heterocycles. The first-order valence-corrected chi connectivity index (χ1v) is 6.52. The lowest BCUT2D eigenvalue weighted by atomic mass is 10.2. The predicted molar refractivity (Wildman–Crippen MR) is 77.2 cm³/mol. The Balaban J connectivity index is 2.05. The highest BCUT2D eigenvalue weighted by Gasteiger charge is 2.14. The highest BCUT2D eigenvalue weighted by atomic mass is 16.4. The van der Waals surface area contributed by atoms with Gasteiger partial charge in [-0.05, 0) is 37.3 Å². The van der Waals surface area contributed by atoms with Gasteiger partial charge in [-0.15, -0.1) is 0 Å². The van der Waals surface area contributed by atoms with Crippen molar-refractivity contribution in [2.45, 2.75) is 13.5 Å². The molecule has 6 nitrogen and oxygen atoms in total. The van der Waals surface area contributed by atoms with Crippen LogP contribution in [0.5, 0.6) is 0 Å². The number of benzene rings is 1. The van der Waals surface area contributed by atoms with Crippen LogP contribution in [0.15, 0.2) is 47.1 Å². The van der Waals surface area contributed by atoms with Crippen LogP contribution < -0.4 is 5.32 Å². The Labute approximate surface area is 122 Å². The Morgan fingerprint density at radius 3 is 2.71 bits per heavy atom. The Kier molecular flexibility index (Phi) is 4.61. The second kappa shape index (κ2) is 6.60. The van der Waals surface area contributed by atoms with E-state index in [1.807, 2.05) is 6.92 Å². The van der Waals surface area contributed by atoms with Crippen LogP contribution in [0.3, 0.4) is 0 Å². The largest absolute Gasteiger partial charge is 0.478 e. The molecule has 0 unspecified atom stereocenters. The quantitative estimate of drug-likeness (QED) is 0.885. The summed E-state index contributed by atoms with van der Waals surface area (Å²) in [7, 11) is 0. The van der Waals surface area contributed by atoms with Gasteiger partial charge in [0.15, 0.2) is 0 Å². The molecule has 2 N–H and O–H groups in total. The lowest BCUT2D eigenvalue weighted by molar-refractivity contribution is 0.0697. The molecule has 2 amide bonds. The fourth-order valence-electron chi connectivity index (χ4n) is 1.85. The molecule has 0 atom stereocenters. The maximum atomic E-state index is 12.2. The van der Waals surface area contributed by atoms with Gasteiger partial charge in [0.2, 0.25) is 0 Å². The van der Waals surface area contributed by atoms with Crippen molar-refractivity contribution in [3.8, 4) is 0 Å². The molecule has 110 valence electrons. The average molecular weight is 288 g/mol. The van der Waals surface area contributed by atoms with E-state index in [0.717, 1.165) is 0 Å². The minimum absolute atomic E-state index is 0.127. The van der Waals surface area contributed by atoms with Crippen LogP contribution in [0, 0.1) is 0 Å². The highest BCUT2D eigenvalue weighted by molar-refractivity contribution is 5.93. The first kappa shape index (κ1) is 14.6. The van der Waals surface area contributed by atoms with E-state index in [4.69, 9.17) is 9.52 Å². The summed E-state index contributed by atoms with van der Waals surface area (Å²) in [6, 6.07) is 9.36. The summed E-state index contributed by atoms with van der Waals surface area (Å²) in [4.78, 5) is 24.6. The van der Waals surface area contributed by atoms with E-state index >= 15 is 0 Å². The van der Waals surface area contributed by atoms with Gasteiger partial charge in [0.05, 0.1) is 18.4 Å². The first-order valence-electron chi connectivity index (χ1n) is 6.52. The van der Waals surface area contributed by atoms with E-state index in [9.17, 15) is 9.59 Å². The average Bonchev–Trinajstić information content (AvgIpc) is 2.97. The van der Waals surface area contributed by atoms with Crippen LogP contribution in [-0.2, 0) is 6.54 Å². The molecule has 0 radical (unpaired) electrons. The van der Waals surface area contributed by atoms with E-state index < -0.39 is 5.97 Å². The summed E-state index contributed by atoms with van der Waals surface area (Å²) in [5, 5.41) is 11.6. The number of amides is 2. The third kappa shape index (κ3) is 3.85. The number of anilines is 1. The lowest BCUT2D eigenvalue weighted by Crippen LogP contribution is -2.34. The van der Waals surface area contributed by atoms with Crippen molar-refractivity contribution in [3.63, 3.8) is 0 Å². The van der Waals surface area contributed by atoms with Crippen LogP contribution in [-0.4, -0.2) is 28.6 Å². The van der Waals surface area contributed by atoms with Crippen LogP contribution in [0.25, 0.3) is 0 Å². The number of hydrogen-bond acceptors (Lipinski definition) is 3. The summed E-state index contributed by atoms with van der Waals surface area (Å²) < 4.78 is 5.22. The van der Waals surface area contributed by atoms with E-state index in [2.05, 4.69) is 5.32 Å². The molecule has 0 aliphatic carbocycles. The van der Waals surface area contributed by atoms with E-state index in [0.29, 0.717) is 24.5 Å².